The van der Waals surface area contributed by atoms with E-state index in [1.807, 2.05) is 42.5 Å². The average molecular weight is 590 g/mol. The van der Waals surface area contributed by atoms with Gasteiger partial charge in [-0.05, 0) is 59.7 Å². The van der Waals surface area contributed by atoms with Gasteiger partial charge in [0, 0.05) is 22.4 Å². The van der Waals surface area contributed by atoms with Crippen LogP contribution >= 0.6 is 0 Å². The molecule has 3 heterocycles. The smallest absolute Gasteiger partial charge is 0.220 e. The van der Waals surface area contributed by atoms with Crippen LogP contribution in [0, 0.1) is 0 Å². The molecule has 0 saturated heterocycles. The number of hydrogen-bond donors (Lipinski definition) is 0. The highest BCUT2D eigenvalue weighted by Crippen LogP contribution is 2.32. The molecule has 0 unspecified atom stereocenters. The number of hydrogen-bond acceptors (Lipinski definition) is 3. The number of rotatable bonds is 5. The lowest BCUT2D eigenvalue weighted by Gasteiger charge is -2.11. The fraction of sp³-hybridized carbons (Fsp3) is 0. The van der Waals surface area contributed by atoms with E-state index in [1.54, 1.807) is 0 Å². The Morgan fingerprint density at radius 1 is 0.370 bits per heavy atom. The molecule has 0 aliphatic heterocycles. The van der Waals surface area contributed by atoms with E-state index in [9.17, 15) is 0 Å². The Labute approximate surface area is 265 Å². The molecule has 9 aromatic rings. The maximum atomic E-state index is 5.03. The molecular formula is C41H27N5. The van der Waals surface area contributed by atoms with Crippen LogP contribution in [0.5, 0.6) is 0 Å². The van der Waals surface area contributed by atoms with Crippen molar-refractivity contribution in [3.63, 3.8) is 0 Å². The normalized spacial score (nSPS) is 11.5. The summed E-state index contributed by atoms with van der Waals surface area (Å²) in [5.74, 6) is 1.60. The lowest BCUT2D eigenvalue weighted by molar-refractivity contribution is 1.11. The van der Waals surface area contributed by atoms with Gasteiger partial charge in [-0.3, -0.25) is 8.97 Å². The van der Waals surface area contributed by atoms with Crippen molar-refractivity contribution in [2.45, 2.75) is 0 Å². The zero-order valence-electron chi connectivity index (χ0n) is 24.8. The Morgan fingerprint density at radius 3 is 1.63 bits per heavy atom. The molecule has 5 heteroatoms. The van der Waals surface area contributed by atoms with Gasteiger partial charge in [0.2, 0.25) is 5.78 Å². The summed E-state index contributed by atoms with van der Waals surface area (Å²) in [6.45, 7) is 0. The van der Waals surface area contributed by atoms with Gasteiger partial charge in [-0.1, -0.05) is 115 Å². The number of aromatic nitrogens is 5. The third-order valence-electron chi connectivity index (χ3n) is 8.55. The molecule has 0 radical (unpaired) electrons. The van der Waals surface area contributed by atoms with Gasteiger partial charge >= 0.3 is 0 Å². The monoisotopic (exact) mass is 589 g/mol. The van der Waals surface area contributed by atoms with E-state index in [0.29, 0.717) is 5.82 Å². The molecule has 5 nitrogen and oxygen atoms in total. The van der Waals surface area contributed by atoms with Crippen LogP contribution in [-0.2, 0) is 0 Å². The first-order valence-electron chi connectivity index (χ1n) is 15.4. The number of para-hydroxylation sites is 4. The van der Waals surface area contributed by atoms with Crippen molar-refractivity contribution in [3.8, 4) is 50.7 Å². The highest BCUT2D eigenvalue weighted by molar-refractivity contribution is 5.92. The van der Waals surface area contributed by atoms with Gasteiger partial charge in [0.05, 0.1) is 33.5 Å². The van der Waals surface area contributed by atoms with Gasteiger partial charge in [0.1, 0.15) is 0 Å². The quantitative estimate of drug-likeness (QED) is 0.201. The van der Waals surface area contributed by atoms with Gasteiger partial charge < -0.3 is 0 Å². The summed E-state index contributed by atoms with van der Waals surface area (Å²) in [6.07, 6.45) is 0. The summed E-state index contributed by atoms with van der Waals surface area (Å²) in [5.41, 5.74) is 12.5. The van der Waals surface area contributed by atoms with Crippen LogP contribution in [0.25, 0.3) is 78.6 Å². The molecule has 0 aliphatic rings. The fourth-order valence-corrected chi connectivity index (χ4v) is 6.34. The van der Waals surface area contributed by atoms with Gasteiger partial charge in [-0.25, -0.2) is 15.0 Å². The summed E-state index contributed by atoms with van der Waals surface area (Å²) >= 11 is 0. The van der Waals surface area contributed by atoms with Gasteiger partial charge in [0.15, 0.2) is 5.82 Å². The van der Waals surface area contributed by atoms with E-state index in [0.717, 1.165) is 72.7 Å². The van der Waals surface area contributed by atoms with Crippen molar-refractivity contribution < 1.29 is 0 Å². The first-order valence-corrected chi connectivity index (χ1v) is 15.4. The zero-order valence-corrected chi connectivity index (χ0v) is 24.8. The highest BCUT2D eigenvalue weighted by atomic mass is 15.2. The van der Waals surface area contributed by atoms with Crippen LogP contribution in [-0.4, -0.2) is 23.9 Å². The average Bonchev–Trinajstić information content (AvgIpc) is 3.67. The van der Waals surface area contributed by atoms with Crippen LogP contribution in [0.1, 0.15) is 0 Å². The molecule has 9 rings (SSSR count). The molecule has 46 heavy (non-hydrogen) atoms. The number of nitrogens with zero attached hydrogens (tertiary/aromatic N) is 5. The SMILES string of the molecule is c1ccc(-c2cc(-c3ccccc3)nc(-c3cccc(-c4ccc(-n5c6ccccc6n6c7ccccc7nc56)cc4)c3)n2)cc1. The van der Waals surface area contributed by atoms with Crippen molar-refractivity contribution in [2.75, 3.05) is 0 Å². The van der Waals surface area contributed by atoms with E-state index in [-0.39, 0.29) is 0 Å². The summed E-state index contributed by atoms with van der Waals surface area (Å²) in [7, 11) is 0. The highest BCUT2D eigenvalue weighted by Gasteiger charge is 2.17. The van der Waals surface area contributed by atoms with Crippen molar-refractivity contribution in [3.05, 3.63) is 164 Å². The molecule has 6 aromatic carbocycles. The van der Waals surface area contributed by atoms with Crippen LogP contribution in [0.3, 0.4) is 0 Å². The number of benzene rings is 6. The topological polar surface area (TPSA) is 48.0 Å². The molecule has 0 atom stereocenters. The summed E-state index contributed by atoms with van der Waals surface area (Å²) in [5, 5.41) is 0. The maximum Gasteiger partial charge on any atom is 0.220 e. The molecule has 3 aromatic heterocycles. The van der Waals surface area contributed by atoms with Crippen LogP contribution in [0.4, 0.5) is 0 Å². The van der Waals surface area contributed by atoms with E-state index >= 15 is 0 Å². The Morgan fingerprint density at radius 2 is 0.935 bits per heavy atom. The molecule has 0 spiro atoms. The van der Waals surface area contributed by atoms with Crippen LogP contribution in [0.2, 0.25) is 0 Å². The first kappa shape index (κ1) is 26.1. The van der Waals surface area contributed by atoms with E-state index in [1.165, 1.54) is 0 Å². The van der Waals surface area contributed by atoms with Crippen LogP contribution in [0.15, 0.2) is 164 Å². The van der Waals surface area contributed by atoms with Gasteiger partial charge in [-0.2, -0.15) is 0 Å². The molecule has 0 saturated carbocycles. The van der Waals surface area contributed by atoms with Gasteiger partial charge in [0.25, 0.3) is 0 Å². The number of imidazole rings is 2. The Kier molecular flexibility index (Phi) is 6.06. The predicted octanol–water partition coefficient (Wildman–Crippen LogP) is 9.89. The van der Waals surface area contributed by atoms with E-state index in [2.05, 4.69) is 130 Å². The zero-order chi connectivity index (χ0) is 30.5. The van der Waals surface area contributed by atoms with Crippen molar-refractivity contribution in [1.29, 1.82) is 0 Å². The second kappa shape index (κ2) is 10.7. The number of fused-ring (bicyclic) bond motifs is 5. The molecule has 216 valence electrons. The largest absolute Gasteiger partial charge is 0.278 e. The molecule has 0 fully saturated rings. The summed E-state index contributed by atoms with van der Waals surface area (Å²) in [4.78, 5) is 15.1. The summed E-state index contributed by atoms with van der Waals surface area (Å²) in [6, 6.07) is 56.6. The van der Waals surface area contributed by atoms with E-state index < -0.39 is 0 Å². The van der Waals surface area contributed by atoms with Gasteiger partial charge in [-0.15, -0.1) is 0 Å². The fourth-order valence-electron chi connectivity index (χ4n) is 6.34. The standard InChI is InChI=1S/C41H27N5/c1-3-12-29(13-4-1)35-27-36(30-14-5-2-6-15-30)43-40(42-35)32-17-11-16-31(26-32)28-22-24-33(25-23-28)45-38-20-9-10-21-39(38)46-37-19-8-7-18-34(37)44-41(45)46/h1-27H. The molecular weight excluding hydrogens is 562 g/mol. The van der Waals surface area contributed by atoms with Crippen molar-refractivity contribution in [2.24, 2.45) is 0 Å². The molecule has 0 N–H and O–H groups in total. The minimum Gasteiger partial charge on any atom is -0.278 e. The van der Waals surface area contributed by atoms with Crippen molar-refractivity contribution in [1.82, 2.24) is 23.9 Å². The maximum absolute atomic E-state index is 5.03. The second-order valence-corrected chi connectivity index (χ2v) is 11.4. The second-order valence-electron chi connectivity index (χ2n) is 11.4. The van der Waals surface area contributed by atoms with Crippen LogP contribution < -0.4 is 0 Å². The molecule has 0 aliphatic carbocycles. The third-order valence-corrected chi connectivity index (χ3v) is 8.55. The third kappa shape index (κ3) is 4.37. The lowest BCUT2D eigenvalue weighted by Crippen LogP contribution is -1.96. The Balaban J connectivity index is 1.13. The Hall–Kier alpha value is -6.33. The Bertz CT molecular complexity index is 2450. The molecule has 0 amide bonds. The van der Waals surface area contributed by atoms with E-state index in [4.69, 9.17) is 15.0 Å². The minimum atomic E-state index is 0.700. The summed E-state index contributed by atoms with van der Waals surface area (Å²) < 4.78 is 4.49. The lowest BCUT2D eigenvalue weighted by atomic mass is 10.0. The predicted molar refractivity (Wildman–Crippen MR) is 187 cm³/mol. The minimum absolute atomic E-state index is 0.700. The first-order chi connectivity index (χ1) is 22.8. The molecule has 0 bridgehead atoms. The van der Waals surface area contributed by atoms with Crippen molar-refractivity contribution >= 4 is 27.8 Å².